The van der Waals surface area contributed by atoms with Gasteiger partial charge < -0.3 is 9.84 Å². The van der Waals surface area contributed by atoms with Gasteiger partial charge >= 0.3 is 5.97 Å². The number of hydrogen-bond donors (Lipinski definition) is 1. The van der Waals surface area contributed by atoms with Crippen LogP contribution in [0.2, 0.25) is 0 Å². The number of carbonyl (C=O) groups excluding carboxylic acids is 1. The SMILES string of the molecule is Cc1cc(C)c(C)c(S(=O)(=O)N2CCC(C(=O)OCCO)CC2)c1C. The van der Waals surface area contributed by atoms with Crippen LogP contribution in [-0.4, -0.2) is 50.1 Å². The number of esters is 1. The van der Waals surface area contributed by atoms with Crippen molar-refractivity contribution in [2.75, 3.05) is 26.3 Å². The first-order chi connectivity index (χ1) is 11.7. The van der Waals surface area contributed by atoms with Gasteiger partial charge in [0, 0.05) is 13.1 Å². The molecule has 0 bridgehead atoms. The van der Waals surface area contributed by atoms with Crippen LogP contribution in [-0.2, 0) is 19.6 Å². The topological polar surface area (TPSA) is 83.9 Å². The van der Waals surface area contributed by atoms with Crippen molar-refractivity contribution >= 4 is 16.0 Å². The highest BCUT2D eigenvalue weighted by atomic mass is 32.2. The highest BCUT2D eigenvalue weighted by Crippen LogP contribution is 2.31. The third kappa shape index (κ3) is 4.04. The van der Waals surface area contributed by atoms with E-state index in [0.717, 1.165) is 22.3 Å². The first-order valence-corrected chi connectivity index (χ1v) is 9.99. The lowest BCUT2D eigenvalue weighted by atomic mass is 9.98. The van der Waals surface area contributed by atoms with E-state index in [4.69, 9.17) is 9.84 Å². The number of aliphatic hydroxyl groups excluding tert-OH is 1. The summed E-state index contributed by atoms with van der Waals surface area (Å²) in [7, 11) is -3.59. The Morgan fingerprint density at radius 1 is 1.16 bits per heavy atom. The Balaban J connectivity index is 2.20. The number of nitrogens with zero attached hydrogens (tertiary/aromatic N) is 1. The van der Waals surface area contributed by atoms with Gasteiger partial charge in [0.15, 0.2) is 0 Å². The second kappa shape index (κ2) is 7.85. The van der Waals surface area contributed by atoms with Gasteiger partial charge in [0.25, 0.3) is 0 Å². The maximum absolute atomic E-state index is 13.2. The van der Waals surface area contributed by atoms with E-state index in [2.05, 4.69) is 0 Å². The lowest BCUT2D eigenvalue weighted by molar-refractivity contribution is -0.150. The predicted molar refractivity (Wildman–Crippen MR) is 94.9 cm³/mol. The fourth-order valence-electron chi connectivity index (χ4n) is 3.29. The molecule has 0 atom stereocenters. The largest absolute Gasteiger partial charge is 0.463 e. The molecule has 2 rings (SSSR count). The summed E-state index contributed by atoms with van der Waals surface area (Å²) < 4.78 is 32.7. The third-order valence-corrected chi connectivity index (χ3v) is 7.19. The lowest BCUT2D eigenvalue weighted by Crippen LogP contribution is -2.41. The zero-order valence-electron chi connectivity index (χ0n) is 15.3. The Morgan fingerprint density at radius 2 is 1.68 bits per heavy atom. The van der Waals surface area contributed by atoms with E-state index in [1.54, 1.807) is 0 Å². The van der Waals surface area contributed by atoms with Gasteiger partial charge in [-0.05, 0) is 62.8 Å². The number of aryl methyl sites for hydroxylation is 2. The van der Waals surface area contributed by atoms with Crippen LogP contribution in [0.1, 0.15) is 35.1 Å². The van der Waals surface area contributed by atoms with Gasteiger partial charge in [-0.3, -0.25) is 4.79 Å². The first-order valence-electron chi connectivity index (χ1n) is 8.55. The van der Waals surface area contributed by atoms with Crippen LogP contribution < -0.4 is 0 Å². The monoisotopic (exact) mass is 369 g/mol. The first kappa shape index (κ1) is 19.9. The molecule has 0 aromatic heterocycles. The van der Waals surface area contributed by atoms with Crippen molar-refractivity contribution in [3.63, 3.8) is 0 Å². The Kier molecular flexibility index (Phi) is 6.24. The van der Waals surface area contributed by atoms with E-state index in [1.165, 1.54) is 4.31 Å². The molecule has 0 aliphatic carbocycles. The quantitative estimate of drug-likeness (QED) is 0.801. The van der Waals surface area contributed by atoms with Crippen molar-refractivity contribution < 1.29 is 23.1 Å². The van der Waals surface area contributed by atoms with Gasteiger partial charge in [-0.1, -0.05) is 6.07 Å². The van der Waals surface area contributed by atoms with Crippen LogP contribution in [0.4, 0.5) is 0 Å². The average Bonchev–Trinajstić information content (AvgIpc) is 2.58. The predicted octanol–water partition coefficient (Wildman–Crippen LogP) is 1.86. The molecule has 140 valence electrons. The number of carbonyl (C=O) groups is 1. The summed E-state index contributed by atoms with van der Waals surface area (Å²) in [6, 6.07) is 2.01. The van der Waals surface area contributed by atoms with Crippen LogP contribution in [0.25, 0.3) is 0 Å². The maximum Gasteiger partial charge on any atom is 0.309 e. The van der Waals surface area contributed by atoms with Gasteiger partial charge in [0.1, 0.15) is 6.61 Å². The van der Waals surface area contributed by atoms with Gasteiger partial charge in [-0.15, -0.1) is 0 Å². The highest BCUT2D eigenvalue weighted by Gasteiger charge is 2.34. The van der Waals surface area contributed by atoms with E-state index in [9.17, 15) is 13.2 Å². The number of benzene rings is 1. The zero-order valence-corrected chi connectivity index (χ0v) is 16.1. The Hall–Kier alpha value is -1.44. The minimum atomic E-state index is -3.59. The second-order valence-electron chi connectivity index (χ2n) is 6.66. The minimum absolute atomic E-state index is 0.0156. The fourth-order valence-corrected chi connectivity index (χ4v) is 5.34. The molecule has 6 nitrogen and oxygen atoms in total. The van der Waals surface area contributed by atoms with E-state index in [-0.39, 0.29) is 25.1 Å². The molecule has 25 heavy (non-hydrogen) atoms. The molecule has 1 N–H and O–H groups in total. The molecule has 0 unspecified atom stereocenters. The van der Waals surface area contributed by atoms with Crippen molar-refractivity contribution in [1.82, 2.24) is 4.31 Å². The molecule has 1 heterocycles. The summed E-state index contributed by atoms with van der Waals surface area (Å²) in [5.74, 6) is -0.663. The molecule has 1 aliphatic heterocycles. The lowest BCUT2D eigenvalue weighted by Gasteiger charge is -2.31. The average molecular weight is 369 g/mol. The van der Waals surface area contributed by atoms with Crippen molar-refractivity contribution in [3.05, 3.63) is 28.3 Å². The summed E-state index contributed by atoms with van der Waals surface area (Å²) >= 11 is 0. The number of ether oxygens (including phenoxy) is 1. The summed E-state index contributed by atoms with van der Waals surface area (Å²) in [4.78, 5) is 12.3. The van der Waals surface area contributed by atoms with Crippen molar-refractivity contribution in [3.8, 4) is 0 Å². The Labute approximate surface area is 149 Å². The molecule has 1 aromatic carbocycles. The number of hydrogen-bond acceptors (Lipinski definition) is 5. The molecular weight excluding hydrogens is 342 g/mol. The molecule has 7 heteroatoms. The normalized spacial score (nSPS) is 16.8. The van der Waals surface area contributed by atoms with Gasteiger partial charge in [-0.25, -0.2) is 8.42 Å². The van der Waals surface area contributed by atoms with Crippen LogP contribution >= 0.6 is 0 Å². The standard InChI is InChI=1S/C18H27NO5S/c1-12-11-13(2)15(4)17(14(12)3)25(22,23)19-7-5-16(6-8-19)18(21)24-10-9-20/h11,16,20H,5-10H2,1-4H3. The molecule has 0 spiro atoms. The van der Waals surface area contributed by atoms with Crippen LogP contribution in [0.15, 0.2) is 11.0 Å². The molecule has 1 aliphatic rings. The van der Waals surface area contributed by atoms with Gasteiger partial charge in [0.05, 0.1) is 17.4 Å². The van der Waals surface area contributed by atoms with Crippen molar-refractivity contribution in [1.29, 1.82) is 0 Å². The Bertz CT molecular complexity index is 723. The van der Waals surface area contributed by atoms with E-state index in [0.29, 0.717) is 30.8 Å². The molecule has 1 aromatic rings. The maximum atomic E-state index is 13.2. The summed E-state index contributed by atoms with van der Waals surface area (Å²) in [6.45, 7) is 7.90. The zero-order chi connectivity index (χ0) is 18.8. The van der Waals surface area contributed by atoms with Crippen molar-refractivity contribution in [2.24, 2.45) is 5.92 Å². The van der Waals surface area contributed by atoms with Gasteiger partial charge in [0.2, 0.25) is 10.0 Å². The summed E-state index contributed by atoms with van der Waals surface area (Å²) in [5.41, 5.74) is 3.49. The van der Waals surface area contributed by atoms with Crippen LogP contribution in [0.3, 0.4) is 0 Å². The minimum Gasteiger partial charge on any atom is -0.463 e. The molecular formula is C18H27NO5S. The molecule has 0 radical (unpaired) electrons. The fraction of sp³-hybridized carbons (Fsp3) is 0.611. The third-order valence-electron chi connectivity index (χ3n) is 5.02. The van der Waals surface area contributed by atoms with Crippen LogP contribution in [0, 0.1) is 33.6 Å². The van der Waals surface area contributed by atoms with Crippen molar-refractivity contribution in [2.45, 2.75) is 45.4 Å². The summed E-state index contributed by atoms with van der Waals surface area (Å²) in [6.07, 6.45) is 0.874. The van der Waals surface area contributed by atoms with E-state index < -0.39 is 10.0 Å². The molecule has 1 saturated heterocycles. The molecule has 0 saturated carbocycles. The molecule has 1 fully saturated rings. The smallest absolute Gasteiger partial charge is 0.309 e. The number of rotatable bonds is 5. The highest BCUT2D eigenvalue weighted by molar-refractivity contribution is 7.89. The number of sulfonamides is 1. The second-order valence-corrected chi connectivity index (χ2v) is 8.53. The number of aliphatic hydroxyl groups is 1. The van der Waals surface area contributed by atoms with Gasteiger partial charge in [-0.2, -0.15) is 4.31 Å². The van der Waals surface area contributed by atoms with E-state index >= 15 is 0 Å². The number of piperidine rings is 1. The molecule has 0 amide bonds. The van der Waals surface area contributed by atoms with Crippen LogP contribution in [0.5, 0.6) is 0 Å². The van der Waals surface area contributed by atoms with E-state index in [1.807, 2.05) is 33.8 Å². The Morgan fingerprint density at radius 3 is 2.16 bits per heavy atom. The summed E-state index contributed by atoms with van der Waals surface area (Å²) in [5, 5.41) is 8.72.